The third-order valence-electron chi connectivity index (χ3n) is 1.69. The van der Waals surface area contributed by atoms with E-state index in [-0.39, 0.29) is 0 Å². The third kappa shape index (κ3) is 1.98. The van der Waals surface area contributed by atoms with Gasteiger partial charge in [0, 0.05) is 0 Å². The molecule has 0 aliphatic heterocycles. The van der Waals surface area contributed by atoms with Crippen molar-refractivity contribution in [1.29, 1.82) is 0 Å². The van der Waals surface area contributed by atoms with Crippen LogP contribution in [0.1, 0.15) is 5.82 Å². The van der Waals surface area contributed by atoms with Crippen LogP contribution in [0.2, 0.25) is 0 Å². The Labute approximate surface area is 80.6 Å². The van der Waals surface area contributed by atoms with Crippen molar-refractivity contribution in [2.45, 2.75) is 6.54 Å². The monoisotopic (exact) mass is 190 g/mol. The lowest BCUT2D eigenvalue weighted by atomic mass is 10.4. The van der Waals surface area contributed by atoms with E-state index in [2.05, 4.69) is 25.5 Å². The Hall–Kier alpha value is -2.11. The van der Waals surface area contributed by atoms with Gasteiger partial charge in [0.15, 0.2) is 0 Å². The molecule has 2 aromatic rings. The molecule has 4 N–H and O–H groups in total. The first-order valence-electron chi connectivity index (χ1n) is 4.14. The van der Waals surface area contributed by atoms with Gasteiger partial charge >= 0.3 is 0 Å². The van der Waals surface area contributed by atoms with E-state index in [9.17, 15) is 0 Å². The summed E-state index contributed by atoms with van der Waals surface area (Å²) in [5, 5.41) is 9.55. The average Bonchev–Trinajstić information content (AvgIpc) is 2.70. The van der Waals surface area contributed by atoms with Crippen LogP contribution in [-0.2, 0) is 6.54 Å². The van der Waals surface area contributed by atoms with E-state index in [0.717, 1.165) is 11.6 Å². The third-order valence-corrected chi connectivity index (χ3v) is 1.69. The van der Waals surface area contributed by atoms with Crippen LogP contribution in [0.4, 0.5) is 11.5 Å². The van der Waals surface area contributed by atoms with Crippen LogP contribution in [0.3, 0.4) is 0 Å². The van der Waals surface area contributed by atoms with Crippen molar-refractivity contribution in [3.05, 3.63) is 30.5 Å². The second-order valence-electron chi connectivity index (χ2n) is 2.76. The van der Waals surface area contributed by atoms with E-state index < -0.39 is 0 Å². The lowest BCUT2D eigenvalue weighted by molar-refractivity contribution is 0.948. The molecular weight excluding hydrogens is 180 g/mol. The molecule has 0 spiro atoms. The molecule has 0 aliphatic carbocycles. The minimum atomic E-state index is 0.566. The number of anilines is 2. The molecule has 0 saturated heterocycles. The molecule has 6 nitrogen and oxygen atoms in total. The predicted octanol–water partition coefficient (Wildman–Crippen LogP) is 0.394. The first kappa shape index (κ1) is 8.49. The van der Waals surface area contributed by atoms with Gasteiger partial charge in [-0.05, 0) is 12.1 Å². The second kappa shape index (κ2) is 3.73. The van der Waals surface area contributed by atoms with E-state index in [1.165, 1.54) is 6.33 Å². The fourth-order valence-corrected chi connectivity index (χ4v) is 1.00. The van der Waals surface area contributed by atoms with Gasteiger partial charge in [-0.2, -0.15) is 5.10 Å². The lowest BCUT2D eigenvalue weighted by Gasteiger charge is -2.02. The van der Waals surface area contributed by atoms with Crippen molar-refractivity contribution in [2.75, 3.05) is 11.1 Å². The van der Waals surface area contributed by atoms with Crippen molar-refractivity contribution in [3.63, 3.8) is 0 Å². The van der Waals surface area contributed by atoms with Crippen LogP contribution in [0.15, 0.2) is 24.7 Å². The molecule has 0 aromatic carbocycles. The normalized spacial score (nSPS) is 10.0. The molecule has 0 fully saturated rings. The molecule has 0 atom stereocenters. The number of hydrogen-bond acceptors (Lipinski definition) is 5. The summed E-state index contributed by atoms with van der Waals surface area (Å²) in [6, 6.07) is 3.60. The minimum Gasteiger partial charge on any atom is -0.397 e. The Bertz CT molecular complexity index is 379. The Kier molecular flexibility index (Phi) is 2.26. The number of nitrogens with zero attached hydrogens (tertiary/aromatic N) is 3. The summed E-state index contributed by atoms with van der Waals surface area (Å²) in [6.07, 6.45) is 3.07. The summed E-state index contributed by atoms with van der Waals surface area (Å²) >= 11 is 0. The van der Waals surface area contributed by atoms with Crippen molar-refractivity contribution in [3.8, 4) is 0 Å². The largest absolute Gasteiger partial charge is 0.397 e. The summed E-state index contributed by atoms with van der Waals surface area (Å²) < 4.78 is 0. The van der Waals surface area contributed by atoms with Gasteiger partial charge in [0.25, 0.3) is 0 Å². The molecule has 14 heavy (non-hydrogen) atoms. The molecule has 0 unspecified atom stereocenters. The summed E-state index contributed by atoms with van der Waals surface area (Å²) in [5.41, 5.74) is 6.15. The van der Waals surface area contributed by atoms with Crippen LogP contribution < -0.4 is 11.1 Å². The molecule has 6 heteroatoms. The van der Waals surface area contributed by atoms with Crippen molar-refractivity contribution < 1.29 is 0 Å². The van der Waals surface area contributed by atoms with Gasteiger partial charge < -0.3 is 11.1 Å². The number of nitrogens with one attached hydrogen (secondary N) is 2. The number of nitrogens with two attached hydrogens (primary N) is 1. The number of rotatable bonds is 3. The maximum Gasteiger partial charge on any atom is 0.143 e. The highest BCUT2D eigenvalue weighted by atomic mass is 15.2. The van der Waals surface area contributed by atoms with Gasteiger partial charge in [-0.15, -0.1) is 0 Å². The average molecular weight is 190 g/mol. The van der Waals surface area contributed by atoms with Crippen molar-refractivity contribution in [1.82, 2.24) is 20.2 Å². The van der Waals surface area contributed by atoms with E-state index >= 15 is 0 Å². The minimum absolute atomic E-state index is 0.566. The van der Waals surface area contributed by atoms with Crippen LogP contribution >= 0.6 is 0 Å². The zero-order chi connectivity index (χ0) is 9.80. The predicted molar refractivity (Wildman–Crippen MR) is 52.4 cm³/mol. The first-order chi connectivity index (χ1) is 6.84. The lowest BCUT2D eigenvalue weighted by Crippen LogP contribution is -2.03. The van der Waals surface area contributed by atoms with E-state index in [1.54, 1.807) is 12.3 Å². The molecule has 2 heterocycles. The molecule has 2 aromatic heterocycles. The van der Waals surface area contributed by atoms with Crippen molar-refractivity contribution in [2.24, 2.45) is 0 Å². The second-order valence-corrected chi connectivity index (χ2v) is 2.76. The van der Waals surface area contributed by atoms with Gasteiger partial charge in [0.05, 0.1) is 18.4 Å². The standard InChI is InChI=1S/C8H10N6/c9-6-1-2-7(10-3-6)11-4-8-12-5-13-14-8/h1-3,5H,4,9H2,(H,10,11)(H,12,13,14). The number of nitrogen functional groups attached to an aromatic ring is 1. The quantitative estimate of drug-likeness (QED) is 0.651. The van der Waals surface area contributed by atoms with E-state index in [1.807, 2.05) is 6.07 Å². The molecule has 0 radical (unpaired) electrons. The Morgan fingerprint density at radius 1 is 1.36 bits per heavy atom. The van der Waals surface area contributed by atoms with Gasteiger partial charge in [-0.3, -0.25) is 5.10 Å². The highest BCUT2D eigenvalue weighted by Gasteiger charge is 1.96. The SMILES string of the molecule is Nc1ccc(NCc2ncn[nH]2)nc1. The number of H-pyrrole nitrogens is 1. The van der Waals surface area contributed by atoms with Gasteiger partial charge in [0.2, 0.25) is 0 Å². The number of hydrogen-bond donors (Lipinski definition) is 3. The highest BCUT2D eigenvalue weighted by molar-refractivity contribution is 5.43. The summed E-state index contributed by atoms with van der Waals surface area (Å²) in [4.78, 5) is 8.05. The molecule has 0 amide bonds. The number of aromatic nitrogens is 4. The van der Waals surface area contributed by atoms with Crippen LogP contribution in [-0.4, -0.2) is 20.2 Å². The fourth-order valence-electron chi connectivity index (χ4n) is 1.00. The first-order valence-corrected chi connectivity index (χ1v) is 4.14. The van der Waals surface area contributed by atoms with Gasteiger partial charge in [-0.25, -0.2) is 9.97 Å². The van der Waals surface area contributed by atoms with E-state index in [4.69, 9.17) is 5.73 Å². The zero-order valence-electron chi connectivity index (χ0n) is 7.44. The smallest absolute Gasteiger partial charge is 0.143 e. The fraction of sp³-hybridized carbons (Fsp3) is 0.125. The van der Waals surface area contributed by atoms with Crippen LogP contribution in [0, 0.1) is 0 Å². The van der Waals surface area contributed by atoms with Gasteiger partial charge in [0.1, 0.15) is 18.0 Å². The van der Waals surface area contributed by atoms with Crippen LogP contribution in [0.5, 0.6) is 0 Å². The Balaban J connectivity index is 1.95. The maximum absolute atomic E-state index is 5.50. The molecular formula is C8H10N6. The summed E-state index contributed by atoms with van der Waals surface area (Å²) in [5.74, 6) is 1.53. The summed E-state index contributed by atoms with van der Waals surface area (Å²) in [6.45, 7) is 0.566. The van der Waals surface area contributed by atoms with Crippen LogP contribution in [0.25, 0.3) is 0 Å². The maximum atomic E-state index is 5.50. The number of pyridine rings is 1. The molecule has 0 bridgehead atoms. The molecule has 72 valence electrons. The molecule has 2 rings (SSSR count). The Morgan fingerprint density at radius 2 is 2.29 bits per heavy atom. The number of aromatic amines is 1. The topological polar surface area (TPSA) is 92.5 Å². The molecule has 0 saturated carbocycles. The summed E-state index contributed by atoms with van der Waals surface area (Å²) in [7, 11) is 0. The van der Waals surface area contributed by atoms with Gasteiger partial charge in [-0.1, -0.05) is 0 Å². The highest BCUT2D eigenvalue weighted by Crippen LogP contribution is 2.06. The zero-order valence-corrected chi connectivity index (χ0v) is 7.44. The molecule has 0 aliphatic rings. The van der Waals surface area contributed by atoms with E-state index in [0.29, 0.717) is 12.2 Å². The Morgan fingerprint density at radius 3 is 2.93 bits per heavy atom. The van der Waals surface area contributed by atoms with Crippen molar-refractivity contribution >= 4 is 11.5 Å².